The highest BCUT2D eigenvalue weighted by molar-refractivity contribution is 6.12. The van der Waals surface area contributed by atoms with Crippen LogP contribution in [0.15, 0.2) is 48.5 Å². The van der Waals surface area contributed by atoms with Crippen molar-refractivity contribution < 1.29 is 9.53 Å². The maximum absolute atomic E-state index is 12.0. The molecular formula is C26H31N5O2. The van der Waals surface area contributed by atoms with Crippen molar-refractivity contribution in [2.75, 3.05) is 26.0 Å². The third-order valence-electron chi connectivity index (χ3n) is 6.07. The number of anilines is 1. The maximum Gasteiger partial charge on any atom is 0.337 e. The van der Waals surface area contributed by atoms with Gasteiger partial charge in [-0.3, -0.25) is 0 Å². The summed E-state index contributed by atoms with van der Waals surface area (Å²) in [6, 6.07) is 15.7. The van der Waals surface area contributed by atoms with Crippen LogP contribution in [0, 0.1) is 0 Å². The second-order valence-electron chi connectivity index (χ2n) is 8.92. The number of nitrogens with one attached hydrogen (secondary N) is 3. The Hall–Kier alpha value is -3.45. The van der Waals surface area contributed by atoms with Crippen molar-refractivity contribution in [1.29, 1.82) is 0 Å². The third-order valence-corrected chi connectivity index (χ3v) is 6.07. The van der Waals surface area contributed by atoms with E-state index in [9.17, 15) is 4.79 Å². The first-order valence-electron chi connectivity index (χ1n) is 11.3. The first-order valence-corrected chi connectivity index (χ1v) is 11.3. The molecule has 172 valence electrons. The molecule has 2 aromatic heterocycles. The van der Waals surface area contributed by atoms with Gasteiger partial charge in [-0.2, -0.15) is 0 Å². The molecule has 0 aliphatic rings. The van der Waals surface area contributed by atoms with Gasteiger partial charge in [0.05, 0.1) is 18.1 Å². The van der Waals surface area contributed by atoms with Gasteiger partial charge in [0.25, 0.3) is 0 Å². The van der Waals surface area contributed by atoms with Gasteiger partial charge in [0.15, 0.2) is 0 Å². The van der Waals surface area contributed by atoms with E-state index in [0.29, 0.717) is 12.0 Å². The van der Waals surface area contributed by atoms with Crippen LogP contribution in [-0.4, -0.2) is 47.2 Å². The number of carbonyl (C=O) groups is 1. The van der Waals surface area contributed by atoms with Crippen LogP contribution in [0.4, 0.5) is 5.82 Å². The van der Waals surface area contributed by atoms with Gasteiger partial charge < -0.3 is 20.4 Å². The molecular weight excluding hydrogens is 414 g/mol. The van der Waals surface area contributed by atoms with Crippen LogP contribution < -0.4 is 10.6 Å². The van der Waals surface area contributed by atoms with Crippen molar-refractivity contribution in [3.05, 3.63) is 65.5 Å². The highest BCUT2D eigenvalue weighted by atomic mass is 16.5. The molecule has 3 N–H and O–H groups in total. The number of carbonyl (C=O) groups excluding carboxylic acids is 1. The summed E-state index contributed by atoms with van der Waals surface area (Å²) in [6.07, 6.45) is 2.68. The lowest BCUT2D eigenvalue weighted by Crippen LogP contribution is -2.36. The molecule has 2 heterocycles. The molecule has 0 bridgehead atoms. The zero-order valence-electron chi connectivity index (χ0n) is 19.7. The molecule has 0 atom stereocenters. The summed E-state index contributed by atoms with van der Waals surface area (Å²) < 4.78 is 4.87. The van der Waals surface area contributed by atoms with Gasteiger partial charge in [-0.25, -0.2) is 14.8 Å². The molecule has 0 saturated heterocycles. The zero-order valence-corrected chi connectivity index (χ0v) is 19.7. The topological polar surface area (TPSA) is 91.9 Å². The molecule has 0 radical (unpaired) electrons. The number of hydrogen-bond acceptors (Lipinski definition) is 6. The largest absolute Gasteiger partial charge is 0.465 e. The number of ether oxygens (including phenoxy) is 1. The Morgan fingerprint density at radius 1 is 1.12 bits per heavy atom. The van der Waals surface area contributed by atoms with E-state index in [4.69, 9.17) is 14.7 Å². The normalized spacial score (nSPS) is 11.8. The van der Waals surface area contributed by atoms with Gasteiger partial charge in [-0.1, -0.05) is 36.4 Å². The second-order valence-corrected chi connectivity index (χ2v) is 8.92. The van der Waals surface area contributed by atoms with E-state index in [2.05, 4.69) is 41.6 Å². The standard InChI is InChI=1S/C26H31N5O2/c1-26(2,27-3)13-8-14-28-23-22-19-12-11-18(25(32)33-4)16-20(19)29-24(22)31-21(30-23)15-17-9-6-5-7-10-17/h5-7,9-12,16,27H,8,13-15H2,1-4H3,(H2,28,29,30,31). The predicted octanol–water partition coefficient (Wildman–Crippen LogP) is 4.68. The van der Waals surface area contributed by atoms with E-state index in [-0.39, 0.29) is 11.5 Å². The summed E-state index contributed by atoms with van der Waals surface area (Å²) in [5, 5.41) is 8.81. The van der Waals surface area contributed by atoms with Crippen LogP contribution in [-0.2, 0) is 11.2 Å². The van der Waals surface area contributed by atoms with Gasteiger partial charge in [0.2, 0.25) is 0 Å². The minimum Gasteiger partial charge on any atom is -0.465 e. The summed E-state index contributed by atoms with van der Waals surface area (Å²) in [7, 11) is 3.38. The molecule has 0 aliphatic heterocycles. The number of aromatic nitrogens is 3. The van der Waals surface area contributed by atoms with Crippen LogP contribution in [0.25, 0.3) is 21.9 Å². The molecule has 4 rings (SSSR count). The molecule has 7 heteroatoms. The number of hydrogen-bond donors (Lipinski definition) is 3. The molecule has 33 heavy (non-hydrogen) atoms. The Labute approximate surface area is 194 Å². The number of fused-ring (bicyclic) bond motifs is 3. The highest BCUT2D eigenvalue weighted by Gasteiger charge is 2.17. The van der Waals surface area contributed by atoms with Crippen molar-refractivity contribution >= 4 is 33.7 Å². The van der Waals surface area contributed by atoms with Gasteiger partial charge in [0.1, 0.15) is 17.3 Å². The first kappa shape index (κ1) is 22.7. The Morgan fingerprint density at radius 2 is 1.91 bits per heavy atom. The van der Waals surface area contributed by atoms with E-state index in [0.717, 1.165) is 58.5 Å². The summed E-state index contributed by atoms with van der Waals surface area (Å²) in [4.78, 5) is 25.1. The monoisotopic (exact) mass is 445 g/mol. The SMILES string of the molecule is CNC(C)(C)CCCNc1nc(Cc2ccccc2)nc2[nH]c3cc(C(=O)OC)ccc3c12. The molecule has 0 amide bonds. The Balaban J connectivity index is 1.71. The first-order chi connectivity index (χ1) is 15.9. The fourth-order valence-electron chi connectivity index (χ4n) is 3.94. The lowest BCUT2D eigenvalue weighted by atomic mass is 9.99. The van der Waals surface area contributed by atoms with Crippen LogP contribution in [0.1, 0.15) is 48.4 Å². The van der Waals surface area contributed by atoms with Crippen molar-refractivity contribution in [3.8, 4) is 0 Å². The van der Waals surface area contributed by atoms with Crippen molar-refractivity contribution in [1.82, 2.24) is 20.3 Å². The van der Waals surface area contributed by atoms with Gasteiger partial charge in [0, 0.05) is 29.4 Å². The summed E-state index contributed by atoms with van der Waals surface area (Å²) >= 11 is 0. The average molecular weight is 446 g/mol. The van der Waals surface area contributed by atoms with Gasteiger partial charge in [-0.05, 0) is 51.4 Å². The number of esters is 1. The number of nitrogens with zero attached hydrogens (tertiary/aromatic N) is 2. The Kier molecular flexibility index (Phi) is 6.60. The molecule has 0 saturated carbocycles. The summed E-state index contributed by atoms with van der Waals surface area (Å²) in [5.41, 5.74) is 3.33. The minimum absolute atomic E-state index is 0.0895. The number of rotatable bonds is 9. The number of benzene rings is 2. The molecule has 7 nitrogen and oxygen atoms in total. The van der Waals surface area contributed by atoms with E-state index < -0.39 is 0 Å². The lowest BCUT2D eigenvalue weighted by Gasteiger charge is -2.23. The molecule has 4 aromatic rings. The number of methoxy groups -OCH3 is 1. The molecule has 0 unspecified atom stereocenters. The van der Waals surface area contributed by atoms with E-state index >= 15 is 0 Å². The zero-order chi connectivity index (χ0) is 23.4. The van der Waals surface area contributed by atoms with Crippen LogP contribution in [0.5, 0.6) is 0 Å². The summed E-state index contributed by atoms with van der Waals surface area (Å²) in [6.45, 7) is 5.20. The van der Waals surface area contributed by atoms with Gasteiger partial charge in [-0.15, -0.1) is 0 Å². The van der Waals surface area contributed by atoms with Crippen LogP contribution >= 0.6 is 0 Å². The lowest BCUT2D eigenvalue weighted by molar-refractivity contribution is 0.0601. The Bertz CT molecular complexity index is 1260. The van der Waals surface area contributed by atoms with E-state index in [1.807, 2.05) is 31.3 Å². The van der Waals surface area contributed by atoms with Crippen molar-refractivity contribution in [2.45, 2.75) is 38.6 Å². The van der Waals surface area contributed by atoms with E-state index in [1.54, 1.807) is 12.1 Å². The van der Waals surface area contributed by atoms with Crippen LogP contribution in [0.2, 0.25) is 0 Å². The van der Waals surface area contributed by atoms with Gasteiger partial charge >= 0.3 is 5.97 Å². The van der Waals surface area contributed by atoms with Crippen LogP contribution in [0.3, 0.4) is 0 Å². The quantitative estimate of drug-likeness (QED) is 0.256. The second kappa shape index (κ2) is 9.58. The van der Waals surface area contributed by atoms with Crippen molar-refractivity contribution in [2.24, 2.45) is 0 Å². The molecule has 0 fully saturated rings. The minimum atomic E-state index is -0.364. The molecule has 2 aromatic carbocycles. The predicted molar refractivity (Wildman–Crippen MR) is 133 cm³/mol. The molecule has 0 spiro atoms. The Morgan fingerprint density at radius 3 is 2.64 bits per heavy atom. The number of aromatic amines is 1. The smallest absolute Gasteiger partial charge is 0.337 e. The highest BCUT2D eigenvalue weighted by Crippen LogP contribution is 2.31. The average Bonchev–Trinajstić information content (AvgIpc) is 3.19. The fraction of sp³-hybridized carbons (Fsp3) is 0.346. The molecule has 0 aliphatic carbocycles. The summed E-state index contributed by atoms with van der Waals surface area (Å²) in [5.74, 6) is 1.19. The fourth-order valence-corrected chi connectivity index (χ4v) is 3.94. The van der Waals surface area contributed by atoms with Crippen molar-refractivity contribution in [3.63, 3.8) is 0 Å². The number of H-pyrrole nitrogens is 1. The third kappa shape index (κ3) is 5.14. The maximum atomic E-state index is 12.0. The van der Waals surface area contributed by atoms with E-state index in [1.165, 1.54) is 7.11 Å².